The predicted molar refractivity (Wildman–Crippen MR) is 83.0 cm³/mol. The summed E-state index contributed by atoms with van der Waals surface area (Å²) in [7, 11) is 3.13. The number of anilines is 1. The molecule has 1 heterocycles. The molecule has 6 heteroatoms. The first-order valence-corrected chi connectivity index (χ1v) is 7.50. The normalized spacial score (nSPS) is 10.2. The van der Waals surface area contributed by atoms with E-state index in [0.717, 1.165) is 5.76 Å². The van der Waals surface area contributed by atoms with Crippen LogP contribution in [0.2, 0.25) is 0 Å². The zero-order chi connectivity index (χ0) is 15.1. The van der Waals surface area contributed by atoms with Gasteiger partial charge >= 0.3 is 0 Å². The highest BCUT2D eigenvalue weighted by Crippen LogP contribution is 2.29. The van der Waals surface area contributed by atoms with Crippen LogP contribution in [-0.2, 0) is 10.5 Å². The van der Waals surface area contributed by atoms with E-state index in [1.807, 2.05) is 12.1 Å². The van der Waals surface area contributed by atoms with Crippen molar-refractivity contribution >= 4 is 23.4 Å². The molecule has 0 unspecified atom stereocenters. The van der Waals surface area contributed by atoms with E-state index in [1.54, 1.807) is 38.7 Å². The van der Waals surface area contributed by atoms with E-state index in [4.69, 9.17) is 13.9 Å². The van der Waals surface area contributed by atoms with Crippen LogP contribution in [0.25, 0.3) is 0 Å². The largest absolute Gasteiger partial charge is 0.493 e. The predicted octanol–water partition coefficient (Wildman–Crippen LogP) is 3.17. The number of furan rings is 1. The minimum Gasteiger partial charge on any atom is -0.493 e. The molecule has 0 aliphatic rings. The quantitative estimate of drug-likeness (QED) is 0.851. The summed E-state index contributed by atoms with van der Waals surface area (Å²) in [5.41, 5.74) is 0.677. The molecule has 1 aromatic heterocycles. The van der Waals surface area contributed by atoms with Gasteiger partial charge in [0.2, 0.25) is 5.91 Å². The Balaban J connectivity index is 1.84. The second kappa shape index (κ2) is 7.64. The Bertz CT molecular complexity index is 583. The molecule has 0 aliphatic carbocycles. The van der Waals surface area contributed by atoms with Crippen LogP contribution in [0.5, 0.6) is 11.5 Å². The molecular weight excluding hydrogens is 290 g/mol. The Hall–Kier alpha value is -2.08. The molecule has 0 bridgehead atoms. The van der Waals surface area contributed by atoms with Crippen molar-refractivity contribution in [3.8, 4) is 11.5 Å². The fraction of sp³-hybridized carbons (Fsp3) is 0.267. The lowest BCUT2D eigenvalue weighted by atomic mass is 10.2. The van der Waals surface area contributed by atoms with Gasteiger partial charge in [-0.1, -0.05) is 0 Å². The third kappa shape index (κ3) is 4.46. The Morgan fingerprint density at radius 1 is 1.24 bits per heavy atom. The Kier molecular flexibility index (Phi) is 5.57. The lowest BCUT2D eigenvalue weighted by Gasteiger charge is -2.10. The summed E-state index contributed by atoms with van der Waals surface area (Å²) in [5.74, 6) is 3.03. The molecule has 2 aromatic rings. The van der Waals surface area contributed by atoms with Crippen LogP contribution in [0.1, 0.15) is 5.76 Å². The third-order valence-corrected chi connectivity index (χ3v) is 3.68. The van der Waals surface area contributed by atoms with Gasteiger partial charge in [0.05, 0.1) is 32.0 Å². The van der Waals surface area contributed by atoms with Gasteiger partial charge < -0.3 is 19.2 Å². The number of hydrogen-bond donors (Lipinski definition) is 1. The topological polar surface area (TPSA) is 60.7 Å². The maximum Gasteiger partial charge on any atom is 0.234 e. The van der Waals surface area contributed by atoms with Gasteiger partial charge in [0.15, 0.2) is 11.5 Å². The SMILES string of the molecule is COc1ccc(NC(=O)CSCc2ccco2)cc1OC. The zero-order valence-corrected chi connectivity index (χ0v) is 12.7. The van der Waals surface area contributed by atoms with Gasteiger partial charge in [0.1, 0.15) is 5.76 Å². The van der Waals surface area contributed by atoms with Gasteiger partial charge in [-0.3, -0.25) is 4.79 Å². The minimum atomic E-state index is -0.0706. The molecule has 21 heavy (non-hydrogen) atoms. The molecule has 5 nitrogen and oxygen atoms in total. The zero-order valence-electron chi connectivity index (χ0n) is 11.9. The van der Waals surface area contributed by atoms with E-state index in [9.17, 15) is 4.79 Å². The second-order valence-corrected chi connectivity index (χ2v) is 5.18. The number of carbonyl (C=O) groups is 1. The first-order chi connectivity index (χ1) is 10.2. The third-order valence-electron chi connectivity index (χ3n) is 2.72. The molecule has 0 radical (unpaired) electrons. The average Bonchev–Trinajstić information content (AvgIpc) is 3.00. The molecule has 0 atom stereocenters. The maximum absolute atomic E-state index is 11.9. The fourth-order valence-corrected chi connectivity index (χ4v) is 2.48. The average molecular weight is 307 g/mol. The molecule has 2 rings (SSSR count). The van der Waals surface area contributed by atoms with Gasteiger partial charge in [-0.05, 0) is 24.3 Å². The summed E-state index contributed by atoms with van der Waals surface area (Å²) in [6.07, 6.45) is 1.62. The van der Waals surface area contributed by atoms with Crippen molar-refractivity contribution in [3.63, 3.8) is 0 Å². The molecule has 112 valence electrons. The van der Waals surface area contributed by atoms with Crippen LogP contribution < -0.4 is 14.8 Å². The first kappa shape index (κ1) is 15.3. The smallest absolute Gasteiger partial charge is 0.234 e. The fourth-order valence-electron chi connectivity index (χ4n) is 1.75. The van der Waals surface area contributed by atoms with E-state index in [-0.39, 0.29) is 5.91 Å². The Labute approximate surface area is 127 Å². The first-order valence-electron chi connectivity index (χ1n) is 6.35. The van der Waals surface area contributed by atoms with Crippen molar-refractivity contribution < 1.29 is 18.7 Å². The number of ether oxygens (including phenoxy) is 2. The van der Waals surface area contributed by atoms with Crippen molar-refractivity contribution in [2.45, 2.75) is 5.75 Å². The van der Waals surface area contributed by atoms with Gasteiger partial charge in [0.25, 0.3) is 0 Å². The van der Waals surface area contributed by atoms with E-state index in [2.05, 4.69) is 5.32 Å². The highest BCUT2D eigenvalue weighted by Gasteiger charge is 2.08. The van der Waals surface area contributed by atoms with E-state index < -0.39 is 0 Å². The summed E-state index contributed by atoms with van der Waals surface area (Å²) < 4.78 is 15.6. The molecule has 1 amide bonds. The second-order valence-electron chi connectivity index (χ2n) is 4.19. The molecule has 0 aliphatic heterocycles. The standard InChI is InChI=1S/C15H17NO4S/c1-18-13-6-5-11(8-14(13)19-2)16-15(17)10-21-9-12-4-3-7-20-12/h3-8H,9-10H2,1-2H3,(H,16,17). The van der Waals surface area contributed by atoms with E-state index in [0.29, 0.717) is 28.7 Å². The van der Waals surface area contributed by atoms with Gasteiger partial charge in [-0.25, -0.2) is 0 Å². The highest BCUT2D eigenvalue weighted by molar-refractivity contribution is 7.99. The highest BCUT2D eigenvalue weighted by atomic mass is 32.2. The van der Waals surface area contributed by atoms with Crippen LogP contribution in [0, 0.1) is 0 Å². The lowest BCUT2D eigenvalue weighted by molar-refractivity contribution is -0.113. The molecule has 0 spiro atoms. The summed E-state index contributed by atoms with van der Waals surface area (Å²) in [6.45, 7) is 0. The van der Waals surface area contributed by atoms with Gasteiger partial charge in [0, 0.05) is 11.8 Å². The number of carbonyl (C=O) groups excluding carboxylic acids is 1. The van der Waals surface area contributed by atoms with Crippen LogP contribution >= 0.6 is 11.8 Å². The van der Waals surface area contributed by atoms with Crippen LogP contribution in [-0.4, -0.2) is 25.9 Å². The Morgan fingerprint density at radius 3 is 2.71 bits per heavy atom. The number of methoxy groups -OCH3 is 2. The molecule has 0 saturated carbocycles. The Morgan fingerprint density at radius 2 is 2.05 bits per heavy atom. The monoisotopic (exact) mass is 307 g/mol. The molecular formula is C15H17NO4S. The summed E-state index contributed by atoms with van der Waals surface area (Å²) in [5, 5.41) is 2.82. The van der Waals surface area contributed by atoms with Crippen LogP contribution in [0.15, 0.2) is 41.0 Å². The summed E-state index contributed by atoms with van der Waals surface area (Å²) in [4.78, 5) is 11.9. The maximum atomic E-state index is 11.9. The van der Waals surface area contributed by atoms with Crippen LogP contribution in [0.3, 0.4) is 0 Å². The van der Waals surface area contributed by atoms with Crippen molar-refractivity contribution in [1.82, 2.24) is 0 Å². The summed E-state index contributed by atoms with van der Waals surface area (Å²) >= 11 is 1.49. The van der Waals surface area contributed by atoms with Crippen molar-refractivity contribution in [2.75, 3.05) is 25.3 Å². The number of hydrogen-bond acceptors (Lipinski definition) is 5. The van der Waals surface area contributed by atoms with Gasteiger partial charge in [-0.2, -0.15) is 0 Å². The van der Waals surface area contributed by atoms with Crippen molar-refractivity contribution in [3.05, 3.63) is 42.4 Å². The lowest BCUT2D eigenvalue weighted by Crippen LogP contribution is -2.14. The number of thioether (sulfide) groups is 1. The van der Waals surface area contributed by atoms with Crippen molar-refractivity contribution in [1.29, 1.82) is 0 Å². The molecule has 1 aromatic carbocycles. The van der Waals surface area contributed by atoms with E-state index in [1.165, 1.54) is 11.8 Å². The number of amides is 1. The number of nitrogens with one attached hydrogen (secondary N) is 1. The number of benzene rings is 1. The molecule has 0 saturated heterocycles. The van der Waals surface area contributed by atoms with Crippen molar-refractivity contribution in [2.24, 2.45) is 0 Å². The molecule has 0 fully saturated rings. The van der Waals surface area contributed by atoms with Gasteiger partial charge in [-0.15, -0.1) is 11.8 Å². The molecule has 1 N–H and O–H groups in total. The summed E-state index contributed by atoms with van der Waals surface area (Å²) in [6, 6.07) is 8.98. The van der Waals surface area contributed by atoms with Crippen LogP contribution in [0.4, 0.5) is 5.69 Å². The number of rotatable bonds is 7. The minimum absolute atomic E-state index is 0.0706. The van der Waals surface area contributed by atoms with E-state index >= 15 is 0 Å².